The molecule has 0 saturated carbocycles. The molecule has 0 nitrogen and oxygen atoms in total. The van der Waals surface area contributed by atoms with Crippen LogP contribution in [0.25, 0.3) is 0 Å². The molecule has 0 heterocycles. The number of rotatable bonds is 0. The predicted octanol–water partition coefficient (Wildman–Crippen LogP) is -0.325. The summed E-state index contributed by atoms with van der Waals surface area (Å²) in [4.78, 5) is 0. The third-order valence-corrected chi connectivity index (χ3v) is 1.61. The van der Waals surface area contributed by atoms with Gasteiger partial charge in [0.2, 0.25) is 0 Å². The van der Waals surface area contributed by atoms with Crippen LogP contribution in [0.3, 0.4) is 0 Å². The second-order valence-electron chi connectivity index (χ2n) is 1.65. The molecule has 0 radical (unpaired) electrons. The molecule has 0 N–H and O–H groups in total. The zero-order chi connectivity index (χ0) is 5.11. The van der Waals surface area contributed by atoms with Crippen LogP contribution < -0.4 is 5.19 Å². The van der Waals surface area contributed by atoms with Gasteiger partial charge in [-0.15, -0.1) is 0 Å². The first-order valence-corrected chi connectivity index (χ1v) is 3.41. The van der Waals surface area contributed by atoms with Crippen LogP contribution in [0.5, 0.6) is 0 Å². The summed E-state index contributed by atoms with van der Waals surface area (Å²) in [6.07, 6.45) is 0. The van der Waals surface area contributed by atoms with E-state index in [0.717, 1.165) is 0 Å². The average molecular weight is 204 g/mol. The van der Waals surface area contributed by atoms with Crippen LogP contribution in [0.1, 0.15) is 0 Å². The normalized spacial score (nSPS) is 8.00. The molecule has 42 valence electrons. The van der Waals surface area contributed by atoms with E-state index in [-0.39, 0.29) is 21.1 Å². The molecule has 0 saturated heterocycles. The molecule has 0 fully saturated rings. The van der Waals surface area contributed by atoms with Crippen LogP contribution in [0, 0.1) is 0 Å². The molecule has 0 aliphatic carbocycles. The van der Waals surface area contributed by atoms with Crippen LogP contribution in [-0.2, 0) is 21.1 Å². The molecule has 0 unspecified atom stereocenters. The number of benzene rings is 1. The fourth-order valence-corrected chi connectivity index (χ4v) is 0.919. The molecule has 0 spiro atoms. The quantitative estimate of drug-likeness (QED) is 0.508. The van der Waals surface area contributed by atoms with E-state index < -0.39 is 0 Å². The van der Waals surface area contributed by atoms with Crippen LogP contribution in [0.2, 0.25) is 0 Å². The smallest absolute Gasteiger partial charge is 0.0384 e. The minimum absolute atomic E-state index is 0. The van der Waals surface area contributed by atoms with Crippen molar-refractivity contribution in [3.63, 3.8) is 0 Å². The summed E-state index contributed by atoms with van der Waals surface area (Å²) < 4.78 is 0. The largest absolute Gasteiger partial charge is 0.0708 e. The molecule has 0 bridgehead atoms. The summed E-state index contributed by atoms with van der Waals surface area (Å²) in [5, 5.41) is 1.46. The average Bonchev–Trinajstić information content (AvgIpc) is 1.69. The summed E-state index contributed by atoms with van der Waals surface area (Å²) >= 11 is 0. The van der Waals surface area contributed by atoms with Gasteiger partial charge in [0.1, 0.15) is 0 Å². The van der Waals surface area contributed by atoms with Gasteiger partial charge in [0.05, 0.1) is 0 Å². The molecule has 0 aliphatic rings. The fourth-order valence-electron chi connectivity index (χ4n) is 0.534. The van der Waals surface area contributed by atoms with Gasteiger partial charge in [0.25, 0.3) is 0 Å². The van der Waals surface area contributed by atoms with Crippen molar-refractivity contribution in [3.8, 4) is 0 Å². The topological polar surface area (TPSA) is 0 Å². The molecular formula is C6H8MoSi. The van der Waals surface area contributed by atoms with Gasteiger partial charge in [0.15, 0.2) is 0 Å². The van der Waals surface area contributed by atoms with Gasteiger partial charge in [0, 0.05) is 31.3 Å². The zero-order valence-electron chi connectivity index (χ0n) is 4.79. The van der Waals surface area contributed by atoms with Crippen molar-refractivity contribution in [1.29, 1.82) is 0 Å². The fraction of sp³-hybridized carbons (Fsp3) is 0. The Hall–Kier alpha value is 0.125. The van der Waals surface area contributed by atoms with Crippen molar-refractivity contribution >= 4 is 15.4 Å². The summed E-state index contributed by atoms with van der Waals surface area (Å²) in [5.74, 6) is 0. The first kappa shape index (κ1) is 8.13. The second-order valence-corrected chi connectivity index (χ2v) is 2.81. The summed E-state index contributed by atoms with van der Waals surface area (Å²) in [5.41, 5.74) is 0. The summed E-state index contributed by atoms with van der Waals surface area (Å²) in [6.45, 7) is 0. The van der Waals surface area contributed by atoms with E-state index in [1.807, 2.05) is 6.07 Å². The predicted molar refractivity (Wildman–Crippen MR) is 36.0 cm³/mol. The SMILES string of the molecule is [Mo].[SiH3]c1ccccc1. The summed E-state index contributed by atoms with van der Waals surface area (Å²) in [7, 11) is 1.17. The van der Waals surface area contributed by atoms with Crippen molar-refractivity contribution in [2.24, 2.45) is 0 Å². The van der Waals surface area contributed by atoms with Gasteiger partial charge in [-0.3, -0.25) is 0 Å². The Bertz CT molecular complexity index is 138. The first-order valence-electron chi connectivity index (χ1n) is 2.41. The zero-order valence-corrected chi connectivity index (χ0v) is 8.80. The van der Waals surface area contributed by atoms with Crippen LogP contribution in [0.15, 0.2) is 30.3 Å². The Balaban J connectivity index is 0.000000490. The molecule has 0 aromatic heterocycles. The van der Waals surface area contributed by atoms with E-state index in [4.69, 9.17) is 0 Å². The van der Waals surface area contributed by atoms with Crippen molar-refractivity contribution in [3.05, 3.63) is 30.3 Å². The van der Waals surface area contributed by atoms with E-state index in [9.17, 15) is 0 Å². The maximum absolute atomic E-state index is 2.15. The maximum Gasteiger partial charge on any atom is 0.0384 e. The second kappa shape index (κ2) is 4.05. The van der Waals surface area contributed by atoms with Crippen molar-refractivity contribution in [1.82, 2.24) is 0 Å². The Morgan fingerprint density at radius 1 is 1.00 bits per heavy atom. The third-order valence-electron chi connectivity index (χ3n) is 0.940. The Kier molecular flexibility index (Phi) is 4.11. The Morgan fingerprint density at radius 2 is 1.50 bits per heavy atom. The molecule has 0 atom stereocenters. The van der Waals surface area contributed by atoms with E-state index in [0.29, 0.717) is 0 Å². The minimum Gasteiger partial charge on any atom is -0.0708 e. The van der Waals surface area contributed by atoms with E-state index in [2.05, 4.69) is 24.3 Å². The van der Waals surface area contributed by atoms with Gasteiger partial charge < -0.3 is 0 Å². The van der Waals surface area contributed by atoms with Crippen LogP contribution in [0.4, 0.5) is 0 Å². The van der Waals surface area contributed by atoms with Crippen LogP contribution >= 0.6 is 0 Å². The number of hydrogen-bond acceptors (Lipinski definition) is 0. The maximum atomic E-state index is 2.15. The molecule has 1 rings (SSSR count). The molecule has 1 aromatic carbocycles. The van der Waals surface area contributed by atoms with Crippen molar-refractivity contribution in [2.75, 3.05) is 0 Å². The number of hydrogen-bond donors (Lipinski definition) is 0. The Labute approximate surface area is 67.0 Å². The van der Waals surface area contributed by atoms with Gasteiger partial charge >= 0.3 is 0 Å². The van der Waals surface area contributed by atoms with Crippen molar-refractivity contribution in [2.45, 2.75) is 0 Å². The molecule has 0 aliphatic heterocycles. The summed E-state index contributed by atoms with van der Waals surface area (Å²) in [6, 6.07) is 10.5. The van der Waals surface area contributed by atoms with Gasteiger partial charge in [-0.1, -0.05) is 35.5 Å². The van der Waals surface area contributed by atoms with E-state index >= 15 is 0 Å². The van der Waals surface area contributed by atoms with E-state index in [1.165, 1.54) is 15.4 Å². The minimum atomic E-state index is 0. The van der Waals surface area contributed by atoms with Crippen LogP contribution in [-0.4, -0.2) is 10.2 Å². The van der Waals surface area contributed by atoms with Gasteiger partial charge in [-0.2, -0.15) is 0 Å². The molecule has 8 heavy (non-hydrogen) atoms. The van der Waals surface area contributed by atoms with Gasteiger partial charge in [-0.05, 0) is 0 Å². The molecule has 0 amide bonds. The van der Waals surface area contributed by atoms with Gasteiger partial charge in [-0.25, -0.2) is 0 Å². The van der Waals surface area contributed by atoms with Crippen molar-refractivity contribution < 1.29 is 21.1 Å². The molecular weight excluding hydrogens is 196 g/mol. The molecule has 1 aromatic rings. The third kappa shape index (κ3) is 2.44. The standard InChI is InChI=1S/C6H8Si.Mo/c7-6-4-2-1-3-5-6;/h1-5H,7H3;. The molecule has 2 heteroatoms. The Morgan fingerprint density at radius 3 is 1.75 bits per heavy atom. The van der Waals surface area contributed by atoms with E-state index in [1.54, 1.807) is 0 Å². The first-order chi connectivity index (χ1) is 3.39. The monoisotopic (exact) mass is 206 g/mol.